The average Bonchev–Trinajstić information content (AvgIpc) is 2.74. The van der Waals surface area contributed by atoms with Crippen molar-refractivity contribution in [2.75, 3.05) is 52.4 Å². The van der Waals surface area contributed by atoms with E-state index in [4.69, 9.17) is 0 Å². The zero-order chi connectivity index (χ0) is 23.2. The highest BCUT2D eigenvalue weighted by atomic mass is 32.2. The molecule has 8 nitrogen and oxygen atoms in total. The van der Waals surface area contributed by atoms with Gasteiger partial charge in [-0.2, -0.15) is 8.61 Å². The van der Waals surface area contributed by atoms with Crippen LogP contribution in [0, 0.1) is 13.8 Å². The number of sulfonamides is 2. The molecule has 1 aliphatic heterocycles. The van der Waals surface area contributed by atoms with Gasteiger partial charge in [-0.05, 0) is 38.1 Å². The van der Waals surface area contributed by atoms with E-state index in [9.17, 15) is 16.8 Å². The summed E-state index contributed by atoms with van der Waals surface area (Å²) in [6.45, 7) is 6.81. The average molecular weight is 481 g/mol. The van der Waals surface area contributed by atoms with Gasteiger partial charge in [0, 0.05) is 52.4 Å². The normalized spacial score (nSPS) is 18.6. The number of aryl methyl sites for hydroxylation is 2. The predicted octanol–water partition coefficient (Wildman–Crippen LogP) is 1.18. The van der Waals surface area contributed by atoms with Crippen molar-refractivity contribution in [3.63, 3.8) is 0 Å². The van der Waals surface area contributed by atoms with Crippen LogP contribution < -0.4 is 10.6 Å². The lowest BCUT2D eigenvalue weighted by Crippen LogP contribution is -2.46. The van der Waals surface area contributed by atoms with E-state index in [1.165, 1.54) is 8.61 Å². The standard InChI is InChI=1S/C22H32N4O4S2/c1-19-3-7-21(8-4-19)31(27,28)25-15-11-23-13-17-26(18-14-24-12-16-25)32(29,30)22-9-5-20(2)6-10-22/h3-10,23-24H,11-18H2,1-2H3. The first-order valence-electron chi connectivity index (χ1n) is 10.8. The van der Waals surface area contributed by atoms with Crippen LogP contribution in [0.4, 0.5) is 0 Å². The fourth-order valence-electron chi connectivity index (χ4n) is 3.49. The Morgan fingerprint density at radius 2 is 0.844 bits per heavy atom. The third-order valence-corrected chi connectivity index (χ3v) is 9.30. The number of nitrogens with zero attached hydrogens (tertiary/aromatic N) is 2. The molecular formula is C22H32N4O4S2. The Hall–Kier alpha value is -1.82. The largest absolute Gasteiger partial charge is 0.314 e. The molecule has 2 aromatic rings. The van der Waals surface area contributed by atoms with E-state index in [1.54, 1.807) is 48.5 Å². The minimum absolute atomic E-state index is 0.283. The SMILES string of the molecule is Cc1ccc(S(=O)(=O)N2CCNCCN(S(=O)(=O)c3ccc(C)cc3)CCNCC2)cc1. The van der Waals surface area contributed by atoms with Crippen LogP contribution in [0.2, 0.25) is 0 Å². The second kappa shape index (κ2) is 10.9. The summed E-state index contributed by atoms with van der Waals surface area (Å²) in [5, 5.41) is 6.39. The maximum Gasteiger partial charge on any atom is 0.243 e. The molecule has 0 atom stereocenters. The van der Waals surface area contributed by atoms with Crippen molar-refractivity contribution in [1.29, 1.82) is 0 Å². The van der Waals surface area contributed by atoms with E-state index < -0.39 is 20.0 Å². The van der Waals surface area contributed by atoms with Crippen LogP contribution in [0.25, 0.3) is 0 Å². The third kappa shape index (κ3) is 6.15. The number of hydrogen-bond acceptors (Lipinski definition) is 6. The predicted molar refractivity (Wildman–Crippen MR) is 126 cm³/mol. The second-order valence-electron chi connectivity index (χ2n) is 7.93. The van der Waals surface area contributed by atoms with E-state index >= 15 is 0 Å². The Morgan fingerprint density at radius 3 is 1.12 bits per heavy atom. The molecule has 1 aliphatic rings. The number of benzene rings is 2. The van der Waals surface area contributed by atoms with E-state index in [-0.39, 0.29) is 9.79 Å². The molecule has 0 spiro atoms. The summed E-state index contributed by atoms with van der Waals surface area (Å²) in [5.41, 5.74) is 2.01. The van der Waals surface area contributed by atoms with Crippen LogP contribution in [-0.2, 0) is 20.0 Å². The number of rotatable bonds is 4. The molecule has 0 unspecified atom stereocenters. The summed E-state index contributed by atoms with van der Waals surface area (Å²) < 4.78 is 55.2. The van der Waals surface area contributed by atoms with Crippen LogP contribution in [-0.4, -0.2) is 77.8 Å². The minimum Gasteiger partial charge on any atom is -0.314 e. The highest BCUT2D eigenvalue weighted by molar-refractivity contribution is 7.89. The smallest absolute Gasteiger partial charge is 0.243 e. The van der Waals surface area contributed by atoms with Gasteiger partial charge in [-0.3, -0.25) is 0 Å². The van der Waals surface area contributed by atoms with Gasteiger partial charge in [0.1, 0.15) is 0 Å². The first-order valence-corrected chi connectivity index (χ1v) is 13.6. The molecule has 3 rings (SSSR count). The van der Waals surface area contributed by atoms with Gasteiger partial charge < -0.3 is 10.6 Å². The fourth-order valence-corrected chi connectivity index (χ4v) is 6.37. The van der Waals surface area contributed by atoms with Crippen molar-refractivity contribution in [1.82, 2.24) is 19.2 Å². The third-order valence-electron chi connectivity index (χ3n) is 5.47. The molecule has 0 saturated carbocycles. The second-order valence-corrected chi connectivity index (χ2v) is 11.8. The minimum atomic E-state index is -3.59. The molecule has 0 amide bonds. The van der Waals surface area contributed by atoms with Gasteiger partial charge in [0.15, 0.2) is 0 Å². The van der Waals surface area contributed by atoms with Crippen LogP contribution in [0.15, 0.2) is 58.3 Å². The molecule has 1 heterocycles. The number of hydrogen-bond donors (Lipinski definition) is 2. The maximum absolute atomic E-state index is 13.1. The van der Waals surface area contributed by atoms with Gasteiger partial charge in [-0.1, -0.05) is 35.4 Å². The van der Waals surface area contributed by atoms with Gasteiger partial charge in [0.25, 0.3) is 0 Å². The van der Waals surface area contributed by atoms with Crippen LogP contribution in [0.5, 0.6) is 0 Å². The molecule has 0 aliphatic carbocycles. The van der Waals surface area contributed by atoms with Crippen molar-refractivity contribution in [2.45, 2.75) is 23.6 Å². The van der Waals surface area contributed by atoms with Crippen molar-refractivity contribution in [3.8, 4) is 0 Å². The summed E-state index contributed by atoms with van der Waals surface area (Å²) >= 11 is 0. The van der Waals surface area contributed by atoms with Gasteiger partial charge >= 0.3 is 0 Å². The van der Waals surface area contributed by atoms with Crippen LogP contribution in [0.1, 0.15) is 11.1 Å². The Balaban J connectivity index is 1.66. The van der Waals surface area contributed by atoms with Crippen LogP contribution >= 0.6 is 0 Å². The molecule has 176 valence electrons. The number of nitrogens with one attached hydrogen (secondary N) is 2. The molecule has 32 heavy (non-hydrogen) atoms. The highest BCUT2D eigenvalue weighted by Crippen LogP contribution is 2.17. The Labute approximate surface area is 191 Å². The monoisotopic (exact) mass is 480 g/mol. The summed E-state index contributed by atoms with van der Waals surface area (Å²) in [4.78, 5) is 0.566. The maximum atomic E-state index is 13.1. The zero-order valence-electron chi connectivity index (χ0n) is 18.6. The lowest BCUT2D eigenvalue weighted by Gasteiger charge is -2.26. The highest BCUT2D eigenvalue weighted by Gasteiger charge is 2.26. The first-order chi connectivity index (χ1) is 15.2. The van der Waals surface area contributed by atoms with Gasteiger partial charge in [-0.25, -0.2) is 16.8 Å². The quantitative estimate of drug-likeness (QED) is 0.682. The fraction of sp³-hybridized carbons (Fsp3) is 0.455. The van der Waals surface area contributed by atoms with Gasteiger partial charge in [0.2, 0.25) is 20.0 Å². The Morgan fingerprint density at radius 1 is 0.562 bits per heavy atom. The van der Waals surface area contributed by atoms with Gasteiger partial charge in [-0.15, -0.1) is 0 Å². The van der Waals surface area contributed by atoms with E-state index in [0.717, 1.165) is 11.1 Å². The van der Waals surface area contributed by atoms with Crippen LogP contribution in [0.3, 0.4) is 0 Å². The molecule has 2 aromatic carbocycles. The van der Waals surface area contributed by atoms with Crippen molar-refractivity contribution < 1.29 is 16.8 Å². The lowest BCUT2D eigenvalue weighted by molar-refractivity contribution is 0.360. The van der Waals surface area contributed by atoms with Crippen molar-refractivity contribution in [2.24, 2.45) is 0 Å². The van der Waals surface area contributed by atoms with Gasteiger partial charge in [0.05, 0.1) is 9.79 Å². The molecule has 0 aromatic heterocycles. The molecular weight excluding hydrogens is 448 g/mol. The Kier molecular flexibility index (Phi) is 8.43. The zero-order valence-corrected chi connectivity index (χ0v) is 20.3. The van der Waals surface area contributed by atoms with Crippen molar-refractivity contribution in [3.05, 3.63) is 59.7 Å². The van der Waals surface area contributed by atoms with E-state index in [2.05, 4.69) is 10.6 Å². The molecule has 10 heteroatoms. The topological polar surface area (TPSA) is 98.8 Å². The summed E-state index contributed by atoms with van der Waals surface area (Å²) in [6.07, 6.45) is 0. The molecule has 0 bridgehead atoms. The Bertz CT molecular complexity index is 984. The molecule has 2 N–H and O–H groups in total. The van der Waals surface area contributed by atoms with Crippen molar-refractivity contribution >= 4 is 20.0 Å². The summed E-state index contributed by atoms with van der Waals surface area (Å²) in [7, 11) is -7.19. The lowest BCUT2D eigenvalue weighted by atomic mass is 10.2. The first kappa shape index (κ1) is 24.8. The summed E-state index contributed by atoms with van der Waals surface area (Å²) in [6, 6.07) is 13.7. The molecule has 1 saturated heterocycles. The van der Waals surface area contributed by atoms with E-state index in [1.807, 2.05) is 13.8 Å². The molecule has 1 fully saturated rings. The van der Waals surface area contributed by atoms with E-state index in [0.29, 0.717) is 52.4 Å². The summed E-state index contributed by atoms with van der Waals surface area (Å²) in [5.74, 6) is 0. The molecule has 0 radical (unpaired) electrons.